The van der Waals surface area contributed by atoms with E-state index in [9.17, 15) is 5.11 Å². The predicted octanol–water partition coefficient (Wildman–Crippen LogP) is 0.999. The van der Waals surface area contributed by atoms with Crippen LogP contribution in [0.1, 0.15) is 29.0 Å². The number of hydrogen-bond acceptors (Lipinski definition) is 2. The molecule has 0 aromatic heterocycles. The zero-order valence-electron chi connectivity index (χ0n) is 10.2. The molecule has 0 heterocycles. The summed E-state index contributed by atoms with van der Waals surface area (Å²) in [6.45, 7) is 4.17. The zero-order chi connectivity index (χ0) is 12.6. The van der Waals surface area contributed by atoms with Crippen LogP contribution in [-0.2, 0) is 0 Å². The third-order valence-electron chi connectivity index (χ3n) is 3.34. The fourth-order valence-electron chi connectivity index (χ4n) is 2.31. The first kappa shape index (κ1) is 11.9. The number of nitrogens with zero attached hydrogens (tertiary/aromatic N) is 1. The predicted molar refractivity (Wildman–Crippen MR) is 68.6 cm³/mol. The highest BCUT2D eigenvalue weighted by molar-refractivity contribution is 5.75. The molecule has 1 fully saturated rings. The van der Waals surface area contributed by atoms with Crippen molar-refractivity contribution in [1.29, 1.82) is 0 Å². The molecule has 1 aromatic rings. The fourth-order valence-corrected chi connectivity index (χ4v) is 2.31. The highest BCUT2D eigenvalue weighted by Crippen LogP contribution is 2.50. The largest absolute Gasteiger partial charge is 0.371 e. The van der Waals surface area contributed by atoms with E-state index in [0.29, 0.717) is 5.92 Å². The highest BCUT2D eigenvalue weighted by atomic mass is 16.3. The van der Waals surface area contributed by atoms with E-state index >= 15 is 0 Å². The van der Waals surface area contributed by atoms with Crippen LogP contribution in [0.3, 0.4) is 0 Å². The van der Waals surface area contributed by atoms with Crippen molar-refractivity contribution in [2.75, 3.05) is 0 Å². The normalized spacial score (nSPS) is 24.2. The molecule has 3 atom stereocenters. The van der Waals surface area contributed by atoms with Gasteiger partial charge >= 0.3 is 0 Å². The van der Waals surface area contributed by atoms with Gasteiger partial charge in [-0.15, -0.1) is 0 Å². The number of rotatable bonds is 3. The molecule has 0 spiro atoms. The molecular formula is C13H19N3O. The Balaban J connectivity index is 2.12. The molecule has 0 amide bonds. The maximum absolute atomic E-state index is 9.80. The van der Waals surface area contributed by atoms with Crippen LogP contribution in [-0.4, -0.2) is 17.3 Å². The molecule has 4 heteroatoms. The van der Waals surface area contributed by atoms with E-state index in [0.717, 1.165) is 6.42 Å². The van der Waals surface area contributed by atoms with Gasteiger partial charge in [0, 0.05) is 5.92 Å². The van der Waals surface area contributed by atoms with Crippen molar-refractivity contribution in [2.45, 2.75) is 32.4 Å². The smallest absolute Gasteiger partial charge is 0.188 e. The minimum Gasteiger partial charge on any atom is -0.371 e. The summed E-state index contributed by atoms with van der Waals surface area (Å²) in [5, 5.41) is 9.80. The van der Waals surface area contributed by atoms with Crippen LogP contribution in [0.15, 0.2) is 23.2 Å². The average Bonchev–Trinajstić information content (AvgIpc) is 3.00. The zero-order valence-corrected chi connectivity index (χ0v) is 10.2. The maximum atomic E-state index is 9.80. The maximum Gasteiger partial charge on any atom is 0.188 e. The molecule has 0 radical (unpaired) electrons. The van der Waals surface area contributed by atoms with Gasteiger partial charge in [0.05, 0.1) is 0 Å². The van der Waals surface area contributed by atoms with Gasteiger partial charge < -0.3 is 16.6 Å². The van der Waals surface area contributed by atoms with Gasteiger partial charge in [0.1, 0.15) is 0 Å². The molecule has 1 saturated carbocycles. The molecule has 0 bridgehead atoms. The Morgan fingerprint density at radius 3 is 2.76 bits per heavy atom. The molecule has 4 nitrogen and oxygen atoms in total. The summed E-state index contributed by atoms with van der Waals surface area (Å²) in [4.78, 5) is 3.79. The lowest BCUT2D eigenvalue weighted by molar-refractivity contribution is 0.158. The lowest BCUT2D eigenvalue weighted by Crippen LogP contribution is -2.26. The Morgan fingerprint density at radius 1 is 1.41 bits per heavy atom. The first-order valence-corrected chi connectivity index (χ1v) is 5.83. The summed E-state index contributed by atoms with van der Waals surface area (Å²) in [5.74, 6) is 0.481. The van der Waals surface area contributed by atoms with Gasteiger partial charge in [0.25, 0.3) is 0 Å². The minimum atomic E-state index is -0.773. The number of benzene rings is 1. The quantitative estimate of drug-likeness (QED) is 0.538. The first-order valence-electron chi connectivity index (χ1n) is 5.83. The minimum absolute atomic E-state index is 0.0517. The summed E-state index contributed by atoms with van der Waals surface area (Å²) in [7, 11) is 0. The molecule has 3 unspecified atom stereocenters. The lowest BCUT2D eigenvalue weighted by Gasteiger charge is -2.08. The summed E-state index contributed by atoms with van der Waals surface area (Å²) in [5.41, 5.74) is 14.3. The average molecular weight is 233 g/mol. The van der Waals surface area contributed by atoms with E-state index < -0.39 is 6.23 Å². The van der Waals surface area contributed by atoms with E-state index in [1.54, 1.807) is 0 Å². The Morgan fingerprint density at radius 2 is 2.12 bits per heavy atom. The third-order valence-corrected chi connectivity index (χ3v) is 3.34. The summed E-state index contributed by atoms with van der Waals surface area (Å²) in [6.07, 6.45) is 0.173. The second kappa shape index (κ2) is 4.37. The van der Waals surface area contributed by atoms with Gasteiger partial charge in [-0.1, -0.05) is 23.8 Å². The van der Waals surface area contributed by atoms with Crippen LogP contribution in [0.2, 0.25) is 0 Å². The molecule has 92 valence electrons. The topological polar surface area (TPSA) is 84.6 Å². The number of nitrogens with two attached hydrogens (primary N) is 2. The van der Waals surface area contributed by atoms with Crippen LogP contribution < -0.4 is 11.5 Å². The molecule has 0 aliphatic heterocycles. The lowest BCUT2D eigenvalue weighted by atomic mass is 10.0. The van der Waals surface area contributed by atoms with E-state index in [1.165, 1.54) is 16.7 Å². The van der Waals surface area contributed by atoms with Gasteiger partial charge in [0.2, 0.25) is 0 Å². The van der Waals surface area contributed by atoms with Crippen molar-refractivity contribution in [3.05, 3.63) is 34.9 Å². The fraction of sp³-hybridized carbons (Fsp3) is 0.462. The molecule has 5 N–H and O–H groups in total. The number of aliphatic imine (C=N–C) groups is 1. The monoisotopic (exact) mass is 233 g/mol. The van der Waals surface area contributed by atoms with Crippen LogP contribution in [0.5, 0.6) is 0 Å². The van der Waals surface area contributed by atoms with E-state index in [4.69, 9.17) is 11.5 Å². The molecule has 1 aliphatic rings. The number of hydrogen-bond donors (Lipinski definition) is 3. The summed E-state index contributed by atoms with van der Waals surface area (Å²) >= 11 is 0. The van der Waals surface area contributed by atoms with Crippen molar-refractivity contribution in [3.8, 4) is 0 Å². The Bertz CT molecular complexity index is 452. The summed E-state index contributed by atoms with van der Waals surface area (Å²) < 4.78 is 0. The second-order valence-corrected chi connectivity index (χ2v) is 4.83. The molecule has 2 rings (SSSR count). The number of guanidine groups is 1. The van der Waals surface area contributed by atoms with Crippen molar-refractivity contribution in [1.82, 2.24) is 0 Å². The van der Waals surface area contributed by atoms with Crippen LogP contribution >= 0.6 is 0 Å². The van der Waals surface area contributed by atoms with Gasteiger partial charge in [0.15, 0.2) is 12.2 Å². The highest BCUT2D eigenvalue weighted by Gasteiger charge is 2.44. The Kier molecular flexibility index (Phi) is 3.07. The van der Waals surface area contributed by atoms with Crippen molar-refractivity contribution in [2.24, 2.45) is 22.4 Å². The molecule has 1 aliphatic carbocycles. The van der Waals surface area contributed by atoms with Gasteiger partial charge in [-0.3, -0.25) is 0 Å². The van der Waals surface area contributed by atoms with Gasteiger partial charge in [-0.2, -0.15) is 0 Å². The molecule has 0 saturated heterocycles. The molecular weight excluding hydrogens is 214 g/mol. The van der Waals surface area contributed by atoms with E-state index in [1.807, 2.05) is 0 Å². The number of aryl methyl sites for hydroxylation is 2. The van der Waals surface area contributed by atoms with Crippen molar-refractivity contribution >= 4 is 5.96 Å². The van der Waals surface area contributed by atoms with Crippen molar-refractivity contribution < 1.29 is 5.11 Å². The van der Waals surface area contributed by atoms with Crippen LogP contribution in [0.25, 0.3) is 0 Å². The molecule has 17 heavy (non-hydrogen) atoms. The van der Waals surface area contributed by atoms with Crippen LogP contribution in [0.4, 0.5) is 0 Å². The second-order valence-electron chi connectivity index (χ2n) is 4.83. The standard InChI is InChI=1S/C13H19N3O/c1-7-3-4-8(2)9(5-7)10-6-11(10)12(17)16-13(14)15/h3-5,10-12,17H,6H2,1-2H3,(H4,14,15,16). The SMILES string of the molecule is Cc1ccc(C)c(C2CC2C(O)N=C(N)N)c1. The Hall–Kier alpha value is -1.55. The van der Waals surface area contributed by atoms with Gasteiger partial charge in [-0.05, 0) is 37.3 Å². The third kappa shape index (κ3) is 2.58. The van der Waals surface area contributed by atoms with Crippen LogP contribution in [0, 0.1) is 19.8 Å². The van der Waals surface area contributed by atoms with E-state index in [-0.39, 0.29) is 11.9 Å². The van der Waals surface area contributed by atoms with Crippen molar-refractivity contribution in [3.63, 3.8) is 0 Å². The number of aliphatic hydroxyl groups excluding tert-OH is 1. The molecule has 1 aromatic carbocycles. The number of aliphatic hydroxyl groups is 1. The summed E-state index contributed by atoms with van der Waals surface area (Å²) in [6, 6.07) is 6.40. The van der Waals surface area contributed by atoms with Gasteiger partial charge in [-0.25, -0.2) is 4.99 Å². The first-order chi connectivity index (χ1) is 7.99. The van der Waals surface area contributed by atoms with E-state index in [2.05, 4.69) is 37.0 Å². The Labute approximate surface area is 101 Å².